The Labute approximate surface area is 144 Å². The first kappa shape index (κ1) is 17.9. The predicted octanol–water partition coefficient (Wildman–Crippen LogP) is 3.07. The van der Waals surface area contributed by atoms with E-state index in [4.69, 9.17) is 0 Å². The first-order valence-corrected chi connectivity index (χ1v) is 8.33. The fraction of sp³-hybridized carbons (Fsp3) is 0.368. The summed E-state index contributed by atoms with van der Waals surface area (Å²) in [5.41, 5.74) is 3.66. The normalized spacial score (nSPS) is 10.7. The van der Waals surface area contributed by atoms with Crippen LogP contribution < -0.4 is 10.6 Å². The van der Waals surface area contributed by atoms with Crippen LogP contribution in [0.5, 0.6) is 0 Å². The van der Waals surface area contributed by atoms with Crippen LogP contribution in [0.4, 0.5) is 11.4 Å². The highest BCUT2D eigenvalue weighted by atomic mass is 16.1. The second-order valence-corrected chi connectivity index (χ2v) is 6.01. The van der Waals surface area contributed by atoms with E-state index in [2.05, 4.69) is 33.5 Å². The van der Waals surface area contributed by atoms with Crippen LogP contribution in [-0.4, -0.2) is 43.0 Å². The van der Waals surface area contributed by atoms with Gasteiger partial charge in [-0.05, 0) is 51.2 Å². The third-order valence-electron chi connectivity index (χ3n) is 3.75. The molecule has 0 aliphatic carbocycles. The van der Waals surface area contributed by atoms with Crippen LogP contribution in [0.2, 0.25) is 0 Å². The van der Waals surface area contributed by atoms with Gasteiger partial charge in [-0.3, -0.25) is 9.78 Å². The van der Waals surface area contributed by atoms with Gasteiger partial charge in [0.2, 0.25) is 0 Å². The number of carbonyl (C=O) groups is 1. The Hall–Kier alpha value is -2.40. The van der Waals surface area contributed by atoms with Crippen molar-refractivity contribution >= 4 is 17.3 Å². The largest absolute Gasteiger partial charge is 0.354 e. The second-order valence-electron chi connectivity index (χ2n) is 6.01. The lowest BCUT2D eigenvalue weighted by Gasteiger charge is -2.12. The third kappa shape index (κ3) is 5.35. The standard InChI is InChI=1S/C19H26N4O/c1-4-15-8-5-6-9-18(15)22-17-12-16(13-20-14-17)19(24)21-10-7-11-23(2)3/h5-6,8-9,12-14,22H,4,7,10-11H2,1-3H3,(H,21,24). The van der Waals surface area contributed by atoms with Crippen LogP contribution in [-0.2, 0) is 6.42 Å². The molecule has 5 heteroatoms. The van der Waals surface area contributed by atoms with Gasteiger partial charge in [0.1, 0.15) is 0 Å². The van der Waals surface area contributed by atoms with E-state index in [0.717, 1.165) is 30.8 Å². The van der Waals surface area contributed by atoms with Crippen molar-refractivity contribution in [2.24, 2.45) is 0 Å². The van der Waals surface area contributed by atoms with Crippen molar-refractivity contribution in [1.82, 2.24) is 15.2 Å². The Morgan fingerprint density at radius 1 is 1.21 bits per heavy atom. The maximum absolute atomic E-state index is 12.2. The molecule has 5 nitrogen and oxygen atoms in total. The molecule has 1 heterocycles. The van der Waals surface area contributed by atoms with Crippen LogP contribution >= 0.6 is 0 Å². The summed E-state index contributed by atoms with van der Waals surface area (Å²) in [6, 6.07) is 9.99. The Bertz CT molecular complexity index is 670. The number of nitrogens with one attached hydrogen (secondary N) is 2. The average Bonchev–Trinajstić information content (AvgIpc) is 2.59. The summed E-state index contributed by atoms with van der Waals surface area (Å²) in [6.45, 7) is 3.73. The SMILES string of the molecule is CCc1ccccc1Nc1cncc(C(=O)NCCCN(C)C)c1. The van der Waals surface area contributed by atoms with Gasteiger partial charge in [0.25, 0.3) is 5.91 Å². The van der Waals surface area contributed by atoms with E-state index in [9.17, 15) is 4.79 Å². The minimum atomic E-state index is -0.0892. The summed E-state index contributed by atoms with van der Waals surface area (Å²) in [5, 5.41) is 6.29. The molecular formula is C19H26N4O. The van der Waals surface area contributed by atoms with E-state index < -0.39 is 0 Å². The molecule has 0 aliphatic rings. The summed E-state index contributed by atoms with van der Waals surface area (Å²) in [4.78, 5) is 18.5. The molecule has 24 heavy (non-hydrogen) atoms. The number of hydrogen-bond acceptors (Lipinski definition) is 4. The van der Waals surface area contributed by atoms with Gasteiger partial charge < -0.3 is 15.5 Å². The molecule has 0 saturated heterocycles. The first-order valence-electron chi connectivity index (χ1n) is 8.33. The van der Waals surface area contributed by atoms with Gasteiger partial charge in [-0.2, -0.15) is 0 Å². The van der Waals surface area contributed by atoms with E-state index in [1.807, 2.05) is 38.4 Å². The third-order valence-corrected chi connectivity index (χ3v) is 3.75. The summed E-state index contributed by atoms with van der Waals surface area (Å²) >= 11 is 0. The first-order chi connectivity index (χ1) is 11.6. The topological polar surface area (TPSA) is 57.3 Å². The van der Waals surface area contributed by atoms with E-state index in [1.54, 1.807) is 12.4 Å². The second kappa shape index (κ2) is 9.03. The Kier molecular flexibility index (Phi) is 6.75. The van der Waals surface area contributed by atoms with E-state index in [-0.39, 0.29) is 5.91 Å². The number of rotatable bonds is 8. The maximum Gasteiger partial charge on any atom is 0.252 e. The molecule has 0 aliphatic heterocycles. The molecule has 2 N–H and O–H groups in total. The zero-order valence-corrected chi connectivity index (χ0v) is 14.7. The lowest BCUT2D eigenvalue weighted by molar-refractivity contribution is 0.0952. The molecule has 0 radical (unpaired) electrons. The van der Waals surface area contributed by atoms with Gasteiger partial charge in [-0.25, -0.2) is 0 Å². The van der Waals surface area contributed by atoms with Crippen LogP contribution in [0.1, 0.15) is 29.3 Å². The van der Waals surface area contributed by atoms with Crippen molar-refractivity contribution in [2.45, 2.75) is 19.8 Å². The van der Waals surface area contributed by atoms with E-state index in [1.165, 1.54) is 5.56 Å². The molecule has 0 atom stereocenters. The van der Waals surface area contributed by atoms with Gasteiger partial charge in [-0.1, -0.05) is 25.1 Å². The Balaban J connectivity index is 1.99. The molecule has 0 saturated carbocycles. The summed E-state index contributed by atoms with van der Waals surface area (Å²) in [5.74, 6) is -0.0892. The van der Waals surface area contributed by atoms with Crippen molar-refractivity contribution in [3.63, 3.8) is 0 Å². The van der Waals surface area contributed by atoms with Gasteiger partial charge in [0.05, 0.1) is 17.4 Å². The summed E-state index contributed by atoms with van der Waals surface area (Å²) in [7, 11) is 4.05. The number of hydrogen-bond donors (Lipinski definition) is 2. The molecule has 0 bridgehead atoms. The van der Waals surface area contributed by atoms with Crippen molar-refractivity contribution in [3.8, 4) is 0 Å². The molecule has 1 aromatic heterocycles. The monoisotopic (exact) mass is 326 g/mol. The summed E-state index contributed by atoms with van der Waals surface area (Å²) < 4.78 is 0. The molecule has 1 aromatic carbocycles. The fourth-order valence-electron chi connectivity index (χ4n) is 2.44. The molecule has 0 spiro atoms. The molecule has 0 fully saturated rings. The van der Waals surface area contributed by atoms with Crippen LogP contribution in [0.25, 0.3) is 0 Å². The molecule has 2 rings (SSSR count). The number of anilines is 2. The summed E-state index contributed by atoms with van der Waals surface area (Å²) in [6.07, 6.45) is 5.20. The van der Waals surface area contributed by atoms with Crippen molar-refractivity contribution in [1.29, 1.82) is 0 Å². The quantitative estimate of drug-likeness (QED) is 0.732. The number of aromatic nitrogens is 1. The number of pyridine rings is 1. The van der Waals surface area contributed by atoms with Crippen molar-refractivity contribution < 1.29 is 4.79 Å². The van der Waals surface area contributed by atoms with Gasteiger partial charge in [-0.15, -0.1) is 0 Å². The minimum Gasteiger partial charge on any atom is -0.354 e. The minimum absolute atomic E-state index is 0.0892. The van der Waals surface area contributed by atoms with Crippen LogP contribution in [0, 0.1) is 0 Å². The maximum atomic E-state index is 12.2. The highest BCUT2D eigenvalue weighted by Crippen LogP contribution is 2.21. The zero-order valence-electron chi connectivity index (χ0n) is 14.7. The van der Waals surface area contributed by atoms with Gasteiger partial charge >= 0.3 is 0 Å². The average molecular weight is 326 g/mol. The van der Waals surface area contributed by atoms with E-state index in [0.29, 0.717) is 12.1 Å². The Morgan fingerprint density at radius 2 is 2.00 bits per heavy atom. The lowest BCUT2D eigenvalue weighted by Crippen LogP contribution is -2.27. The Morgan fingerprint density at radius 3 is 2.75 bits per heavy atom. The molecule has 2 aromatic rings. The van der Waals surface area contributed by atoms with Crippen molar-refractivity contribution in [2.75, 3.05) is 32.5 Å². The van der Waals surface area contributed by atoms with Gasteiger partial charge in [0, 0.05) is 18.4 Å². The number of nitrogens with zero attached hydrogens (tertiary/aromatic N) is 2. The highest BCUT2D eigenvalue weighted by Gasteiger charge is 2.07. The highest BCUT2D eigenvalue weighted by molar-refractivity contribution is 5.94. The number of carbonyl (C=O) groups excluding carboxylic acids is 1. The molecular weight excluding hydrogens is 300 g/mol. The van der Waals surface area contributed by atoms with Crippen molar-refractivity contribution in [3.05, 3.63) is 53.9 Å². The van der Waals surface area contributed by atoms with Crippen LogP contribution in [0.3, 0.4) is 0 Å². The zero-order chi connectivity index (χ0) is 17.4. The molecule has 128 valence electrons. The number of amides is 1. The molecule has 0 unspecified atom stereocenters. The number of benzene rings is 1. The van der Waals surface area contributed by atoms with E-state index >= 15 is 0 Å². The van der Waals surface area contributed by atoms with Crippen LogP contribution in [0.15, 0.2) is 42.7 Å². The number of aryl methyl sites for hydroxylation is 1. The predicted molar refractivity (Wildman–Crippen MR) is 98.8 cm³/mol. The smallest absolute Gasteiger partial charge is 0.252 e. The fourth-order valence-corrected chi connectivity index (χ4v) is 2.44. The lowest BCUT2D eigenvalue weighted by atomic mass is 10.1. The number of para-hydroxylation sites is 1. The molecule has 1 amide bonds. The van der Waals surface area contributed by atoms with Gasteiger partial charge in [0.15, 0.2) is 0 Å².